The first-order chi connectivity index (χ1) is 18.6. The monoisotopic (exact) mass is 502 g/mol. The standard InChI is InChI=1S/C34H28F2N2/c35-27-12-15-31-26(17-27)19-34(37(31)21-23-7-3-1-4-8-23)25-11-14-32-29(18-25)30-20-28(36)13-16-33(30)38(32)22-24-9-5-2-6-10-24/h1-10,12-13,15-17,19-20,25H,11,14,18,21-22H2. The molecule has 38 heavy (non-hydrogen) atoms. The average Bonchev–Trinajstić information content (AvgIpc) is 3.44. The van der Waals surface area contributed by atoms with Crippen molar-refractivity contribution in [2.75, 3.05) is 0 Å². The van der Waals surface area contributed by atoms with E-state index in [1.165, 1.54) is 28.1 Å². The molecule has 4 aromatic carbocycles. The van der Waals surface area contributed by atoms with E-state index in [2.05, 4.69) is 63.7 Å². The Morgan fingerprint density at radius 3 is 2.00 bits per heavy atom. The van der Waals surface area contributed by atoms with Gasteiger partial charge in [0.25, 0.3) is 0 Å². The summed E-state index contributed by atoms with van der Waals surface area (Å²) in [7, 11) is 0. The minimum absolute atomic E-state index is 0.201. The number of benzene rings is 4. The van der Waals surface area contributed by atoms with Crippen molar-refractivity contribution in [3.05, 3.63) is 143 Å². The summed E-state index contributed by atoms with van der Waals surface area (Å²) in [5, 5.41) is 1.94. The minimum Gasteiger partial charge on any atom is -0.340 e. The van der Waals surface area contributed by atoms with Crippen LogP contribution in [0.15, 0.2) is 103 Å². The Morgan fingerprint density at radius 2 is 1.29 bits per heavy atom. The van der Waals surface area contributed by atoms with E-state index in [1.807, 2.05) is 24.3 Å². The smallest absolute Gasteiger partial charge is 0.123 e. The van der Waals surface area contributed by atoms with Gasteiger partial charge in [-0.25, -0.2) is 8.78 Å². The van der Waals surface area contributed by atoms with Gasteiger partial charge in [-0.2, -0.15) is 0 Å². The van der Waals surface area contributed by atoms with E-state index in [4.69, 9.17) is 0 Å². The van der Waals surface area contributed by atoms with E-state index in [1.54, 1.807) is 24.3 Å². The lowest BCUT2D eigenvalue weighted by molar-refractivity contribution is 0.533. The van der Waals surface area contributed by atoms with Crippen LogP contribution in [0.2, 0.25) is 0 Å². The van der Waals surface area contributed by atoms with E-state index in [0.717, 1.165) is 54.2 Å². The SMILES string of the molecule is Fc1ccc2c(c1)cc(C1CCc3c(c4cc(F)ccc4n3Cc3ccccc3)C1)n2Cc1ccccc1. The molecule has 0 fully saturated rings. The van der Waals surface area contributed by atoms with Gasteiger partial charge < -0.3 is 9.13 Å². The Bertz CT molecular complexity index is 1760. The zero-order valence-electron chi connectivity index (χ0n) is 21.1. The van der Waals surface area contributed by atoms with Gasteiger partial charge in [0.2, 0.25) is 0 Å². The highest BCUT2D eigenvalue weighted by Gasteiger charge is 2.29. The Kier molecular flexibility index (Phi) is 5.61. The highest BCUT2D eigenvalue weighted by Crippen LogP contribution is 2.40. The van der Waals surface area contributed by atoms with Crippen LogP contribution >= 0.6 is 0 Å². The van der Waals surface area contributed by atoms with Gasteiger partial charge >= 0.3 is 0 Å². The third-order valence-corrected chi connectivity index (χ3v) is 8.11. The molecule has 4 heteroatoms. The van der Waals surface area contributed by atoms with Crippen LogP contribution in [-0.4, -0.2) is 9.13 Å². The second-order valence-electron chi connectivity index (χ2n) is 10.4. The van der Waals surface area contributed by atoms with E-state index in [-0.39, 0.29) is 17.6 Å². The van der Waals surface area contributed by atoms with Gasteiger partial charge in [-0.1, -0.05) is 60.7 Å². The Morgan fingerprint density at radius 1 is 0.658 bits per heavy atom. The highest BCUT2D eigenvalue weighted by molar-refractivity contribution is 5.86. The maximum Gasteiger partial charge on any atom is 0.123 e. The fourth-order valence-electron chi connectivity index (χ4n) is 6.36. The molecular weight excluding hydrogens is 474 g/mol. The van der Waals surface area contributed by atoms with Crippen LogP contribution in [-0.2, 0) is 25.9 Å². The number of aromatic nitrogens is 2. The van der Waals surface area contributed by atoms with E-state index in [9.17, 15) is 8.78 Å². The molecule has 0 saturated heterocycles. The molecule has 6 aromatic rings. The van der Waals surface area contributed by atoms with Crippen LogP contribution in [0.5, 0.6) is 0 Å². The zero-order chi connectivity index (χ0) is 25.6. The fraction of sp³-hybridized carbons (Fsp3) is 0.176. The van der Waals surface area contributed by atoms with Gasteiger partial charge in [0.15, 0.2) is 0 Å². The molecule has 1 unspecified atom stereocenters. The third-order valence-electron chi connectivity index (χ3n) is 8.11. The summed E-state index contributed by atoms with van der Waals surface area (Å²) in [5.41, 5.74) is 8.37. The zero-order valence-corrected chi connectivity index (χ0v) is 21.1. The van der Waals surface area contributed by atoms with Gasteiger partial charge in [-0.15, -0.1) is 0 Å². The molecule has 1 atom stereocenters. The summed E-state index contributed by atoms with van der Waals surface area (Å²) in [4.78, 5) is 0. The lowest BCUT2D eigenvalue weighted by atomic mass is 9.84. The van der Waals surface area contributed by atoms with Gasteiger partial charge in [0.1, 0.15) is 11.6 Å². The number of halogens is 2. The van der Waals surface area contributed by atoms with E-state index >= 15 is 0 Å². The third kappa shape index (κ3) is 4.01. The maximum atomic E-state index is 14.5. The molecule has 0 N–H and O–H groups in total. The molecule has 0 spiro atoms. The van der Waals surface area contributed by atoms with Crippen LogP contribution in [0.3, 0.4) is 0 Å². The molecule has 2 heterocycles. The maximum absolute atomic E-state index is 14.5. The summed E-state index contributed by atoms with van der Waals surface area (Å²) in [6.07, 6.45) is 2.75. The normalized spacial score (nSPS) is 15.3. The Balaban J connectivity index is 1.33. The van der Waals surface area contributed by atoms with Gasteiger partial charge in [0.05, 0.1) is 0 Å². The van der Waals surface area contributed by atoms with Crippen LogP contribution in [0.1, 0.15) is 40.4 Å². The molecule has 0 amide bonds. The molecule has 0 aliphatic heterocycles. The van der Waals surface area contributed by atoms with Crippen molar-refractivity contribution in [2.24, 2.45) is 0 Å². The minimum atomic E-state index is -0.216. The van der Waals surface area contributed by atoms with Crippen LogP contribution in [0, 0.1) is 11.6 Å². The first kappa shape index (κ1) is 23.0. The summed E-state index contributed by atoms with van der Waals surface area (Å²) in [5.74, 6) is -0.153. The van der Waals surface area contributed by atoms with Crippen molar-refractivity contribution in [2.45, 2.75) is 38.3 Å². The molecule has 7 rings (SSSR count). The number of hydrogen-bond donors (Lipinski definition) is 0. The van der Waals surface area contributed by atoms with E-state index in [0.29, 0.717) is 0 Å². The van der Waals surface area contributed by atoms with Crippen LogP contribution in [0.4, 0.5) is 8.78 Å². The molecule has 2 nitrogen and oxygen atoms in total. The highest BCUT2D eigenvalue weighted by atomic mass is 19.1. The molecule has 0 radical (unpaired) electrons. The summed E-state index contributed by atoms with van der Waals surface area (Å²) >= 11 is 0. The van der Waals surface area contributed by atoms with Crippen LogP contribution in [0.25, 0.3) is 21.8 Å². The summed E-state index contributed by atoms with van der Waals surface area (Å²) < 4.78 is 33.4. The summed E-state index contributed by atoms with van der Waals surface area (Å²) in [6, 6.07) is 33.3. The largest absolute Gasteiger partial charge is 0.340 e. The predicted molar refractivity (Wildman–Crippen MR) is 150 cm³/mol. The fourth-order valence-corrected chi connectivity index (χ4v) is 6.36. The molecule has 0 saturated carbocycles. The molecule has 2 aromatic heterocycles. The summed E-state index contributed by atoms with van der Waals surface area (Å²) in [6.45, 7) is 1.51. The lowest BCUT2D eigenvalue weighted by Gasteiger charge is -2.26. The molecule has 188 valence electrons. The van der Waals surface area contributed by atoms with Crippen molar-refractivity contribution in [1.29, 1.82) is 0 Å². The lowest BCUT2D eigenvalue weighted by Crippen LogP contribution is -2.18. The number of hydrogen-bond acceptors (Lipinski definition) is 0. The number of rotatable bonds is 5. The Labute approximate surface area is 220 Å². The first-order valence-corrected chi connectivity index (χ1v) is 13.3. The van der Waals surface area contributed by atoms with Crippen LogP contribution < -0.4 is 0 Å². The van der Waals surface area contributed by atoms with E-state index < -0.39 is 0 Å². The second-order valence-corrected chi connectivity index (χ2v) is 10.4. The number of fused-ring (bicyclic) bond motifs is 4. The van der Waals surface area contributed by atoms with Crippen molar-refractivity contribution in [1.82, 2.24) is 9.13 Å². The van der Waals surface area contributed by atoms with Crippen molar-refractivity contribution >= 4 is 21.8 Å². The molecule has 0 bridgehead atoms. The molecular formula is C34H28F2N2. The van der Waals surface area contributed by atoms with Gasteiger partial charge in [-0.05, 0) is 78.4 Å². The predicted octanol–water partition coefficient (Wildman–Crippen LogP) is 8.24. The topological polar surface area (TPSA) is 9.86 Å². The van der Waals surface area contributed by atoms with Crippen molar-refractivity contribution < 1.29 is 8.78 Å². The first-order valence-electron chi connectivity index (χ1n) is 13.3. The average molecular weight is 503 g/mol. The molecule has 1 aliphatic carbocycles. The van der Waals surface area contributed by atoms with Gasteiger partial charge in [-0.3, -0.25) is 0 Å². The Hall–Kier alpha value is -4.18. The quantitative estimate of drug-likeness (QED) is 0.225. The second kappa shape index (κ2) is 9.29. The number of nitrogens with zero attached hydrogens (tertiary/aromatic N) is 2. The van der Waals surface area contributed by atoms with Crippen molar-refractivity contribution in [3.8, 4) is 0 Å². The molecule has 1 aliphatic rings. The van der Waals surface area contributed by atoms with Crippen molar-refractivity contribution in [3.63, 3.8) is 0 Å². The van der Waals surface area contributed by atoms with Gasteiger partial charge in [0, 0.05) is 52.2 Å².